The summed E-state index contributed by atoms with van der Waals surface area (Å²) in [4.78, 5) is 12.2. The molecule has 1 saturated carbocycles. The molecule has 0 aromatic rings. The molecule has 3 atom stereocenters. The maximum absolute atomic E-state index is 12.2. The molecule has 0 bridgehead atoms. The largest absolute Gasteiger partial charge is 0.393 e. The van der Waals surface area contributed by atoms with Crippen molar-refractivity contribution in [2.75, 3.05) is 13.1 Å². The molecule has 1 amide bonds. The van der Waals surface area contributed by atoms with E-state index in [0.29, 0.717) is 6.54 Å². The Morgan fingerprint density at radius 1 is 1.39 bits per heavy atom. The number of nitrogens with one attached hydrogen (secondary N) is 2. The van der Waals surface area contributed by atoms with Gasteiger partial charge in [0.15, 0.2) is 0 Å². The van der Waals surface area contributed by atoms with Crippen LogP contribution >= 0.6 is 0 Å². The molecule has 1 heterocycles. The van der Waals surface area contributed by atoms with Crippen LogP contribution < -0.4 is 10.6 Å². The molecule has 0 aromatic carbocycles. The van der Waals surface area contributed by atoms with Gasteiger partial charge in [0.2, 0.25) is 5.91 Å². The molecule has 2 aliphatic rings. The summed E-state index contributed by atoms with van der Waals surface area (Å²) in [6.07, 6.45) is 4.99. The van der Waals surface area contributed by atoms with Crippen LogP contribution in [0.25, 0.3) is 0 Å². The van der Waals surface area contributed by atoms with E-state index in [-0.39, 0.29) is 29.4 Å². The fraction of sp³-hybridized carbons (Fsp3) is 0.929. The predicted octanol–water partition coefficient (Wildman–Crippen LogP) is 1.04. The standard InChI is InChI=1S/C14H26N2O2/c1-14(2)7-4-8-15-12(14)13(18)16-9-10-5-3-6-11(10)17/h10-12,15,17H,3-9H2,1-2H3,(H,16,18). The molecule has 0 spiro atoms. The normalized spacial score (nSPS) is 35.4. The van der Waals surface area contributed by atoms with E-state index in [9.17, 15) is 9.90 Å². The molecule has 18 heavy (non-hydrogen) atoms. The number of aliphatic hydroxyl groups is 1. The van der Waals surface area contributed by atoms with Crippen LogP contribution in [-0.2, 0) is 4.79 Å². The van der Waals surface area contributed by atoms with Crippen molar-refractivity contribution in [1.29, 1.82) is 0 Å². The van der Waals surface area contributed by atoms with Gasteiger partial charge in [0.05, 0.1) is 12.1 Å². The van der Waals surface area contributed by atoms with Crippen molar-refractivity contribution >= 4 is 5.91 Å². The van der Waals surface area contributed by atoms with E-state index in [0.717, 1.165) is 38.6 Å². The minimum Gasteiger partial charge on any atom is -0.393 e. The van der Waals surface area contributed by atoms with Crippen LogP contribution in [0.15, 0.2) is 0 Å². The minimum atomic E-state index is -0.224. The lowest BCUT2D eigenvalue weighted by atomic mass is 9.77. The SMILES string of the molecule is CC1(C)CCCNC1C(=O)NCC1CCCC1O. The zero-order valence-corrected chi connectivity index (χ0v) is 11.5. The first-order chi connectivity index (χ1) is 8.50. The quantitative estimate of drug-likeness (QED) is 0.705. The van der Waals surface area contributed by atoms with Gasteiger partial charge in [-0.05, 0) is 37.6 Å². The average Bonchev–Trinajstić information content (AvgIpc) is 2.71. The molecule has 2 rings (SSSR count). The lowest BCUT2D eigenvalue weighted by Crippen LogP contribution is -2.56. The molecule has 1 saturated heterocycles. The lowest BCUT2D eigenvalue weighted by Gasteiger charge is -2.38. The van der Waals surface area contributed by atoms with Gasteiger partial charge in [-0.2, -0.15) is 0 Å². The molecule has 4 nitrogen and oxygen atoms in total. The number of hydrogen-bond donors (Lipinski definition) is 3. The molecular weight excluding hydrogens is 228 g/mol. The van der Waals surface area contributed by atoms with E-state index >= 15 is 0 Å². The zero-order chi connectivity index (χ0) is 13.2. The molecule has 4 heteroatoms. The Bertz CT molecular complexity index is 304. The summed E-state index contributed by atoms with van der Waals surface area (Å²) in [6.45, 7) is 5.84. The highest BCUT2D eigenvalue weighted by atomic mass is 16.3. The summed E-state index contributed by atoms with van der Waals surface area (Å²) in [5.41, 5.74) is 0.0244. The molecule has 104 valence electrons. The highest BCUT2D eigenvalue weighted by Gasteiger charge is 2.37. The maximum Gasteiger partial charge on any atom is 0.237 e. The van der Waals surface area contributed by atoms with E-state index in [4.69, 9.17) is 0 Å². The molecule has 2 fully saturated rings. The second-order valence-corrected chi connectivity index (χ2v) is 6.48. The van der Waals surface area contributed by atoms with Crippen LogP contribution in [0, 0.1) is 11.3 Å². The zero-order valence-electron chi connectivity index (χ0n) is 11.5. The van der Waals surface area contributed by atoms with Gasteiger partial charge in [-0.1, -0.05) is 20.3 Å². The molecular formula is C14H26N2O2. The Labute approximate surface area is 110 Å². The monoisotopic (exact) mass is 254 g/mol. The maximum atomic E-state index is 12.2. The lowest BCUT2D eigenvalue weighted by molar-refractivity contribution is -0.127. The molecule has 0 aromatic heterocycles. The fourth-order valence-electron chi connectivity index (χ4n) is 3.25. The van der Waals surface area contributed by atoms with Crippen LogP contribution in [0.1, 0.15) is 46.0 Å². The van der Waals surface area contributed by atoms with Crippen LogP contribution in [0.2, 0.25) is 0 Å². The summed E-state index contributed by atoms with van der Waals surface area (Å²) in [5, 5.41) is 16.1. The van der Waals surface area contributed by atoms with Gasteiger partial charge in [0.25, 0.3) is 0 Å². The molecule has 3 unspecified atom stereocenters. The Hall–Kier alpha value is -0.610. The Kier molecular flexibility index (Phi) is 4.28. The van der Waals surface area contributed by atoms with E-state index in [1.165, 1.54) is 0 Å². The Balaban J connectivity index is 1.83. The number of carbonyl (C=O) groups is 1. The summed E-state index contributed by atoms with van der Waals surface area (Å²) in [6, 6.07) is -0.0928. The summed E-state index contributed by atoms with van der Waals surface area (Å²) < 4.78 is 0. The van der Waals surface area contributed by atoms with Crippen molar-refractivity contribution in [1.82, 2.24) is 10.6 Å². The number of rotatable bonds is 3. The number of hydrogen-bond acceptors (Lipinski definition) is 3. The van der Waals surface area contributed by atoms with Crippen molar-refractivity contribution < 1.29 is 9.90 Å². The fourth-order valence-corrected chi connectivity index (χ4v) is 3.25. The summed E-state index contributed by atoms with van der Waals surface area (Å²) in [5.74, 6) is 0.347. The number of aliphatic hydroxyl groups excluding tert-OH is 1. The van der Waals surface area contributed by atoms with Crippen molar-refractivity contribution in [3.63, 3.8) is 0 Å². The second kappa shape index (κ2) is 5.57. The van der Waals surface area contributed by atoms with E-state index in [1.54, 1.807) is 0 Å². The number of amides is 1. The van der Waals surface area contributed by atoms with Crippen LogP contribution in [0.4, 0.5) is 0 Å². The second-order valence-electron chi connectivity index (χ2n) is 6.48. The van der Waals surface area contributed by atoms with Gasteiger partial charge in [-0.25, -0.2) is 0 Å². The summed E-state index contributed by atoms with van der Waals surface area (Å²) in [7, 11) is 0. The molecule has 1 aliphatic carbocycles. The van der Waals surface area contributed by atoms with Crippen LogP contribution in [-0.4, -0.2) is 36.2 Å². The van der Waals surface area contributed by atoms with E-state index in [2.05, 4.69) is 24.5 Å². The topological polar surface area (TPSA) is 61.4 Å². The molecule has 3 N–H and O–H groups in total. The van der Waals surface area contributed by atoms with Crippen LogP contribution in [0.5, 0.6) is 0 Å². The summed E-state index contributed by atoms with van der Waals surface area (Å²) >= 11 is 0. The smallest absolute Gasteiger partial charge is 0.237 e. The average molecular weight is 254 g/mol. The Morgan fingerprint density at radius 3 is 2.78 bits per heavy atom. The first-order valence-corrected chi connectivity index (χ1v) is 7.20. The molecule has 1 aliphatic heterocycles. The third kappa shape index (κ3) is 3.04. The van der Waals surface area contributed by atoms with E-state index in [1.807, 2.05) is 0 Å². The van der Waals surface area contributed by atoms with Crippen LogP contribution in [0.3, 0.4) is 0 Å². The number of piperidine rings is 1. The molecule has 0 radical (unpaired) electrons. The third-order valence-electron chi connectivity index (χ3n) is 4.55. The first-order valence-electron chi connectivity index (χ1n) is 7.20. The predicted molar refractivity (Wildman–Crippen MR) is 71.2 cm³/mol. The highest BCUT2D eigenvalue weighted by molar-refractivity contribution is 5.82. The van der Waals surface area contributed by atoms with Crippen molar-refractivity contribution in [3.8, 4) is 0 Å². The van der Waals surface area contributed by atoms with Crippen molar-refractivity contribution in [3.05, 3.63) is 0 Å². The van der Waals surface area contributed by atoms with Gasteiger partial charge in [-0.15, -0.1) is 0 Å². The van der Waals surface area contributed by atoms with Gasteiger partial charge < -0.3 is 15.7 Å². The van der Waals surface area contributed by atoms with Gasteiger partial charge in [0.1, 0.15) is 0 Å². The third-order valence-corrected chi connectivity index (χ3v) is 4.55. The Morgan fingerprint density at radius 2 is 2.17 bits per heavy atom. The van der Waals surface area contributed by atoms with Crippen molar-refractivity contribution in [2.45, 2.75) is 58.1 Å². The van der Waals surface area contributed by atoms with Crippen molar-refractivity contribution in [2.24, 2.45) is 11.3 Å². The highest BCUT2D eigenvalue weighted by Crippen LogP contribution is 2.30. The number of carbonyl (C=O) groups excluding carboxylic acids is 1. The minimum absolute atomic E-state index is 0.0244. The van der Waals surface area contributed by atoms with Gasteiger partial charge >= 0.3 is 0 Å². The van der Waals surface area contributed by atoms with E-state index < -0.39 is 0 Å². The first kappa shape index (κ1) is 13.8. The van der Waals surface area contributed by atoms with Gasteiger partial charge in [0, 0.05) is 12.5 Å². The van der Waals surface area contributed by atoms with Gasteiger partial charge in [-0.3, -0.25) is 4.79 Å².